The van der Waals surface area contributed by atoms with Crippen molar-refractivity contribution in [3.63, 3.8) is 0 Å². The van der Waals surface area contributed by atoms with Gasteiger partial charge in [-0.3, -0.25) is 0 Å². The lowest BCUT2D eigenvalue weighted by atomic mass is 10.3. The van der Waals surface area contributed by atoms with Crippen LogP contribution in [0.5, 0.6) is 0 Å². The first-order valence-corrected chi connectivity index (χ1v) is 6.81. The van der Waals surface area contributed by atoms with Gasteiger partial charge in [0.1, 0.15) is 0 Å². The van der Waals surface area contributed by atoms with Crippen LogP contribution >= 0.6 is 0 Å². The molecule has 0 rings (SSSR count). The quantitative estimate of drug-likeness (QED) is 0.532. The molecule has 1 heteroatoms. The molecule has 0 saturated heterocycles. The van der Waals surface area contributed by atoms with Crippen LogP contribution in [0, 0.1) is 0 Å². The number of allylic oxidation sites excluding steroid dienone is 1. The Labute approximate surface area is 69.7 Å². The smallest absolute Gasteiger partial charge is 0.148 e. The summed E-state index contributed by atoms with van der Waals surface area (Å²) in [4.78, 5) is 2.50. The fraction of sp³-hybridized carbons (Fsp3) is 0.778. The lowest BCUT2D eigenvalue weighted by molar-refractivity contribution is 0.959. The Bertz CT molecular complexity index is 82.7. The highest BCUT2D eigenvalue weighted by molar-refractivity contribution is 6.64. The van der Waals surface area contributed by atoms with Crippen LogP contribution in [0.25, 0.3) is 0 Å². The van der Waals surface area contributed by atoms with Gasteiger partial charge < -0.3 is 0 Å². The first-order valence-electron chi connectivity index (χ1n) is 4.51. The summed E-state index contributed by atoms with van der Waals surface area (Å²) in [6.07, 6.45) is 4.96. The summed E-state index contributed by atoms with van der Waals surface area (Å²) in [5.41, 5.74) is 0. The van der Waals surface area contributed by atoms with Crippen molar-refractivity contribution in [1.82, 2.24) is 0 Å². The third kappa shape index (κ3) is 5.09. The molecule has 0 aromatic heterocycles. The Morgan fingerprint density at radius 3 is 2.10 bits per heavy atom. The van der Waals surface area contributed by atoms with Gasteiger partial charge >= 0.3 is 0 Å². The summed E-state index contributed by atoms with van der Waals surface area (Å²) in [5, 5.41) is 2.85. The van der Waals surface area contributed by atoms with E-state index >= 15 is 0 Å². The van der Waals surface area contributed by atoms with Crippen LogP contribution in [0.2, 0.25) is 10.6 Å². The predicted octanol–water partition coefficient (Wildman–Crippen LogP) is 3.42. The second-order valence-corrected chi connectivity index (χ2v) is 6.33. The zero-order chi connectivity index (χ0) is 7.82. The molecular weight excluding hydrogens is 135 g/mol. The van der Waals surface area contributed by atoms with Crippen molar-refractivity contribution in [2.24, 2.45) is 0 Å². The third-order valence-corrected chi connectivity index (χ3v) is 4.83. The second kappa shape index (κ2) is 7.38. The van der Waals surface area contributed by atoms with Gasteiger partial charge in [0.15, 0.2) is 0 Å². The monoisotopic (exact) mass is 154 g/mol. The predicted molar refractivity (Wildman–Crippen MR) is 50.8 cm³/mol. The van der Waals surface area contributed by atoms with Crippen LogP contribution in [0.15, 0.2) is 11.0 Å². The Morgan fingerprint density at radius 1 is 1.10 bits per heavy atom. The highest BCUT2D eigenvalue weighted by atomic mass is 27.2. The highest BCUT2D eigenvalue weighted by Gasteiger charge is 2.04. The van der Waals surface area contributed by atoms with Crippen molar-refractivity contribution in [1.29, 1.82) is 0 Å². The molecule has 0 N–H and O–H groups in total. The Balaban J connectivity index is 3.40. The summed E-state index contributed by atoms with van der Waals surface area (Å²) in [5.74, 6) is 0. The zero-order valence-electron chi connectivity index (χ0n) is 7.56. The summed E-state index contributed by atoms with van der Waals surface area (Å²) in [7, 11) is 0. The van der Waals surface area contributed by atoms with Crippen molar-refractivity contribution in [3.05, 3.63) is 11.0 Å². The van der Waals surface area contributed by atoms with Gasteiger partial charge in [-0.1, -0.05) is 37.8 Å². The van der Waals surface area contributed by atoms with Crippen molar-refractivity contribution >= 4 is 14.1 Å². The van der Waals surface area contributed by atoms with Gasteiger partial charge in [0.05, 0.1) is 0 Å². The van der Waals surface area contributed by atoms with Crippen LogP contribution in [0.4, 0.5) is 0 Å². The molecule has 58 valence electrons. The summed E-state index contributed by atoms with van der Waals surface area (Å²) >= 11 is -0.404. The van der Waals surface area contributed by atoms with E-state index in [0.717, 1.165) is 0 Å². The lowest BCUT2D eigenvalue weighted by Gasteiger charge is -1.96. The Hall–Kier alpha value is 0.272. The summed E-state index contributed by atoms with van der Waals surface area (Å²) < 4.78 is 0. The maximum Gasteiger partial charge on any atom is 0.293 e. The van der Waals surface area contributed by atoms with Gasteiger partial charge in [0.2, 0.25) is 0 Å². The van der Waals surface area contributed by atoms with E-state index in [-0.39, 0.29) is 0 Å². The molecule has 0 aliphatic heterocycles. The number of hydrogen-bond donors (Lipinski definition) is 0. The standard InChI is InChI=1S/C5H9.2C2H5.Al/c1-3-5-4-2;2*1-2;/h1,3H,4-5H2,2H3;2*1H2,2H3;. The van der Waals surface area contributed by atoms with E-state index in [2.05, 4.69) is 31.8 Å². The van der Waals surface area contributed by atoms with E-state index < -0.39 is 14.1 Å². The van der Waals surface area contributed by atoms with Crippen LogP contribution in [0.1, 0.15) is 33.6 Å². The average molecular weight is 154 g/mol. The Morgan fingerprint density at radius 2 is 1.70 bits per heavy atom. The largest absolute Gasteiger partial charge is 0.293 e. The third-order valence-electron chi connectivity index (χ3n) is 1.91. The molecule has 0 aliphatic rings. The van der Waals surface area contributed by atoms with Crippen molar-refractivity contribution in [2.45, 2.75) is 44.2 Å². The van der Waals surface area contributed by atoms with Crippen LogP contribution in [0.3, 0.4) is 0 Å². The molecule has 0 spiro atoms. The van der Waals surface area contributed by atoms with Crippen molar-refractivity contribution in [3.8, 4) is 0 Å². The molecule has 0 aromatic carbocycles. The average Bonchev–Trinajstić information content (AvgIpc) is 1.99. The molecule has 0 aromatic rings. The Kier molecular flexibility index (Phi) is 7.58. The molecule has 0 aliphatic carbocycles. The van der Waals surface area contributed by atoms with Crippen molar-refractivity contribution < 1.29 is 0 Å². The molecule has 0 heterocycles. The molecule has 10 heavy (non-hydrogen) atoms. The summed E-state index contributed by atoms with van der Waals surface area (Å²) in [6, 6.07) is 0. The normalized spacial score (nSPS) is 10.7. The zero-order valence-corrected chi connectivity index (χ0v) is 8.72. The second-order valence-electron chi connectivity index (χ2n) is 2.79. The molecule has 0 bridgehead atoms. The van der Waals surface area contributed by atoms with Crippen LogP contribution < -0.4 is 0 Å². The topological polar surface area (TPSA) is 0 Å². The minimum Gasteiger partial charge on any atom is -0.148 e. The molecule has 0 fully saturated rings. The first-order chi connectivity index (χ1) is 4.85. The minimum atomic E-state index is -0.404. The van der Waals surface area contributed by atoms with Gasteiger partial charge in [0, 0.05) is 0 Å². The first kappa shape index (κ1) is 10.3. The molecule has 0 nitrogen and oxygen atoms in total. The molecular formula is C9H19Al. The fourth-order valence-corrected chi connectivity index (χ4v) is 2.72. The van der Waals surface area contributed by atoms with E-state index in [1.165, 1.54) is 23.4 Å². The van der Waals surface area contributed by atoms with Crippen molar-refractivity contribution in [2.75, 3.05) is 0 Å². The molecule has 0 amide bonds. The molecule has 0 saturated carbocycles. The van der Waals surface area contributed by atoms with E-state index in [9.17, 15) is 0 Å². The van der Waals surface area contributed by atoms with E-state index in [1.54, 1.807) is 0 Å². The van der Waals surface area contributed by atoms with E-state index in [0.29, 0.717) is 0 Å². The summed E-state index contributed by atoms with van der Waals surface area (Å²) in [6.45, 7) is 6.87. The fourth-order valence-electron chi connectivity index (χ4n) is 1.02. The van der Waals surface area contributed by atoms with Gasteiger partial charge in [-0.2, -0.15) is 0 Å². The lowest BCUT2D eigenvalue weighted by Crippen LogP contribution is -2.03. The molecule has 0 radical (unpaired) electrons. The van der Waals surface area contributed by atoms with E-state index in [1.807, 2.05) is 0 Å². The van der Waals surface area contributed by atoms with Gasteiger partial charge in [0.25, 0.3) is 14.1 Å². The van der Waals surface area contributed by atoms with Gasteiger partial charge in [-0.15, -0.1) is 11.0 Å². The SMILES string of the molecule is CCCC=[CH][Al]([CH2]C)[CH2]C. The molecule has 0 unspecified atom stereocenters. The molecule has 0 atom stereocenters. The number of rotatable bonds is 5. The van der Waals surface area contributed by atoms with Crippen LogP contribution in [-0.4, -0.2) is 14.1 Å². The number of hydrogen-bond acceptors (Lipinski definition) is 0. The van der Waals surface area contributed by atoms with Crippen LogP contribution in [-0.2, 0) is 0 Å². The van der Waals surface area contributed by atoms with E-state index in [4.69, 9.17) is 0 Å². The highest BCUT2D eigenvalue weighted by Crippen LogP contribution is 2.00. The maximum atomic E-state index is 2.50. The minimum absolute atomic E-state index is 0.404. The van der Waals surface area contributed by atoms with Gasteiger partial charge in [-0.25, -0.2) is 0 Å². The maximum absolute atomic E-state index is 2.50. The van der Waals surface area contributed by atoms with Gasteiger partial charge in [-0.05, 0) is 6.42 Å². The number of unbranched alkanes of at least 4 members (excludes halogenated alkanes) is 1.